The monoisotopic (exact) mass is 312 g/mol. The lowest BCUT2D eigenvalue weighted by Gasteiger charge is -2.18. The number of aryl methyl sites for hydroxylation is 1. The summed E-state index contributed by atoms with van der Waals surface area (Å²) in [7, 11) is 0. The number of benzene rings is 1. The first kappa shape index (κ1) is 15.7. The van der Waals surface area contributed by atoms with Crippen molar-refractivity contribution in [3.63, 3.8) is 0 Å². The third-order valence-corrected chi connectivity index (χ3v) is 4.45. The quantitative estimate of drug-likeness (QED) is 0.846. The summed E-state index contributed by atoms with van der Waals surface area (Å²) in [6.45, 7) is 8.41. The average Bonchev–Trinajstić information content (AvgIpc) is 2.71. The molecule has 23 heavy (non-hydrogen) atoms. The van der Waals surface area contributed by atoms with E-state index in [-0.39, 0.29) is 17.1 Å². The molecule has 0 saturated carbocycles. The molecular formula is C19H21FN2O. The topological polar surface area (TPSA) is 33.2 Å². The van der Waals surface area contributed by atoms with E-state index in [1.807, 2.05) is 19.1 Å². The van der Waals surface area contributed by atoms with E-state index in [1.54, 1.807) is 24.0 Å². The Morgan fingerprint density at radius 2 is 2.09 bits per heavy atom. The first-order chi connectivity index (χ1) is 10.8. The van der Waals surface area contributed by atoms with E-state index < -0.39 is 0 Å². The van der Waals surface area contributed by atoms with E-state index in [0.717, 1.165) is 28.2 Å². The number of nitrogens with zero attached hydrogens (tertiary/aromatic N) is 2. The Morgan fingerprint density at radius 3 is 2.74 bits per heavy atom. The minimum absolute atomic E-state index is 0.0270. The van der Waals surface area contributed by atoms with Crippen molar-refractivity contribution in [2.75, 3.05) is 11.4 Å². The van der Waals surface area contributed by atoms with Gasteiger partial charge in [-0.3, -0.25) is 9.78 Å². The van der Waals surface area contributed by atoms with Crippen LogP contribution in [0.25, 0.3) is 0 Å². The summed E-state index contributed by atoms with van der Waals surface area (Å²) < 4.78 is 13.4. The Morgan fingerprint density at radius 1 is 1.35 bits per heavy atom. The fraction of sp³-hybridized carbons (Fsp3) is 0.368. The van der Waals surface area contributed by atoms with Crippen LogP contribution in [0.3, 0.4) is 0 Å². The van der Waals surface area contributed by atoms with Crippen molar-refractivity contribution >= 4 is 11.6 Å². The van der Waals surface area contributed by atoms with E-state index in [1.165, 1.54) is 6.07 Å². The average molecular weight is 312 g/mol. The first-order valence-electron chi connectivity index (χ1n) is 7.81. The molecule has 1 aliphatic rings. The third-order valence-electron chi connectivity index (χ3n) is 4.45. The number of hydrogen-bond acceptors (Lipinski definition) is 2. The highest BCUT2D eigenvalue weighted by atomic mass is 19.1. The molecule has 1 amide bonds. The van der Waals surface area contributed by atoms with Crippen LogP contribution in [0.2, 0.25) is 0 Å². The Balaban J connectivity index is 2.04. The van der Waals surface area contributed by atoms with Gasteiger partial charge in [-0.2, -0.15) is 0 Å². The predicted octanol–water partition coefficient (Wildman–Crippen LogP) is 3.76. The number of carbonyl (C=O) groups is 1. The van der Waals surface area contributed by atoms with Gasteiger partial charge < -0.3 is 4.90 Å². The molecule has 0 bridgehead atoms. The van der Waals surface area contributed by atoms with Crippen LogP contribution in [-0.2, 0) is 16.6 Å². The fourth-order valence-corrected chi connectivity index (χ4v) is 3.22. The van der Waals surface area contributed by atoms with Gasteiger partial charge in [0.25, 0.3) is 0 Å². The maximum atomic E-state index is 13.4. The highest BCUT2D eigenvalue weighted by Gasteiger charge is 2.38. The highest BCUT2D eigenvalue weighted by molar-refractivity contribution is 5.94. The van der Waals surface area contributed by atoms with Crippen LogP contribution in [0.1, 0.15) is 43.3 Å². The van der Waals surface area contributed by atoms with Crippen molar-refractivity contribution in [3.05, 3.63) is 58.7 Å². The molecule has 0 atom stereocenters. The van der Waals surface area contributed by atoms with Crippen LogP contribution < -0.4 is 4.90 Å². The molecule has 2 aromatic rings. The maximum Gasteiger partial charge on any atom is 0.223 e. The van der Waals surface area contributed by atoms with Gasteiger partial charge in [0.2, 0.25) is 5.91 Å². The molecule has 0 unspecified atom stereocenters. The largest absolute Gasteiger partial charge is 0.310 e. The SMILES string of the molecule is CC(=O)N1CC(C)(C)c2nc(C)c(Cc3cccc(F)c3)cc21. The molecule has 0 N–H and O–H groups in total. The molecule has 0 spiro atoms. The zero-order chi connectivity index (χ0) is 16.8. The molecule has 2 heterocycles. The summed E-state index contributed by atoms with van der Waals surface area (Å²) in [6.07, 6.45) is 0.607. The lowest BCUT2D eigenvalue weighted by atomic mass is 9.90. The number of aromatic nitrogens is 1. The van der Waals surface area contributed by atoms with Crippen molar-refractivity contribution < 1.29 is 9.18 Å². The number of anilines is 1. The van der Waals surface area contributed by atoms with E-state index >= 15 is 0 Å². The number of amides is 1. The summed E-state index contributed by atoms with van der Waals surface area (Å²) >= 11 is 0. The van der Waals surface area contributed by atoms with Gasteiger partial charge in [0.15, 0.2) is 0 Å². The van der Waals surface area contributed by atoms with Crippen molar-refractivity contribution in [3.8, 4) is 0 Å². The van der Waals surface area contributed by atoms with Gasteiger partial charge in [-0.1, -0.05) is 26.0 Å². The second-order valence-electron chi connectivity index (χ2n) is 6.90. The Kier molecular flexibility index (Phi) is 3.71. The van der Waals surface area contributed by atoms with Gasteiger partial charge >= 0.3 is 0 Å². The second-order valence-corrected chi connectivity index (χ2v) is 6.90. The first-order valence-corrected chi connectivity index (χ1v) is 7.81. The number of pyridine rings is 1. The Hall–Kier alpha value is -2.23. The van der Waals surface area contributed by atoms with Gasteiger partial charge in [-0.25, -0.2) is 4.39 Å². The molecule has 0 radical (unpaired) electrons. The van der Waals surface area contributed by atoms with Gasteiger partial charge in [-0.15, -0.1) is 0 Å². The van der Waals surface area contributed by atoms with E-state index in [2.05, 4.69) is 13.8 Å². The third kappa shape index (κ3) is 2.85. The molecule has 1 aromatic heterocycles. The van der Waals surface area contributed by atoms with Crippen LogP contribution in [0.4, 0.5) is 10.1 Å². The zero-order valence-corrected chi connectivity index (χ0v) is 14.0. The summed E-state index contributed by atoms with van der Waals surface area (Å²) in [5.74, 6) is -0.208. The number of rotatable bonds is 2. The fourth-order valence-electron chi connectivity index (χ4n) is 3.22. The molecule has 0 saturated heterocycles. The minimum Gasteiger partial charge on any atom is -0.310 e. The Bertz CT molecular complexity index is 783. The smallest absolute Gasteiger partial charge is 0.223 e. The summed E-state index contributed by atoms with van der Waals surface area (Å²) in [4.78, 5) is 18.5. The second kappa shape index (κ2) is 5.44. The van der Waals surface area contributed by atoms with Gasteiger partial charge in [0, 0.05) is 24.6 Å². The number of fused-ring (bicyclic) bond motifs is 1. The van der Waals surface area contributed by atoms with Crippen LogP contribution in [-0.4, -0.2) is 17.4 Å². The summed E-state index contributed by atoms with van der Waals surface area (Å²) in [5.41, 5.74) is 4.57. The molecular weight excluding hydrogens is 291 g/mol. The molecule has 1 aliphatic heterocycles. The standard InChI is InChI=1S/C19H21FN2O/c1-12-15(8-14-6-5-7-16(20)9-14)10-17-18(21-12)19(3,4)11-22(17)13(2)23/h5-7,9-10H,8,11H2,1-4H3. The van der Waals surface area contributed by atoms with E-state index in [9.17, 15) is 9.18 Å². The van der Waals surface area contributed by atoms with Gasteiger partial charge in [-0.05, 0) is 42.7 Å². The molecule has 1 aromatic carbocycles. The van der Waals surface area contributed by atoms with Crippen LogP contribution in [0, 0.1) is 12.7 Å². The minimum atomic E-state index is -0.235. The van der Waals surface area contributed by atoms with Crippen LogP contribution >= 0.6 is 0 Å². The predicted molar refractivity (Wildman–Crippen MR) is 89.2 cm³/mol. The molecule has 0 fully saturated rings. The van der Waals surface area contributed by atoms with Crippen molar-refractivity contribution in [1.29, 1.82) is 0 Å². The van der Waals surface area contributed by atoms with Crippen molar-refractivity contribution in [2.45, 2.75) is 39.5 Å². The zero-order valence-electron chi connectivity index (χ0n) is 14.0. The molecule has 120 valence electrons. The molecule has 4 heteroatoms. The summed E-state index contributed by atoms with van der Waals surface area (Å²) in [5, 5.41) is 0. The normalized spacial score (nSPS) is 15.6. The highest BCUT2D eigenvalue weighted by Crippen LogP contribution is 2.40. The van der Waals surface area contributed by atoms with Crippen LogP contribution in [0.5, 0.6) is 0 Å². The van der Waals surface area contributed by atoms with Crippen molar-refractivity contribution in [1.82, 2.24) is 4.98 Å². The molecule has 3 rings (SSSR count). The maximum absolute atomic E-state index is 13.4. The molecule has 0 aliphatic carbocycles. The lowest BCUT2D eigenvalue weighted by Crippen LogP contribution is -2.32. The van der Waals surface area contributed by atoms with E-state index in [0.29, 0.717) is 13.0 Å². The Labute approximate surface area is 136 Å². The summed E-state index contributed by atoms with van der Waals surface area (Å²) in [6, 6.07) is 8.64. The van der Waals surface area contributed by atoms with E-state index in [4.69, 9.17) is 4.98 Å². The molecule has 3 nitrogen and oxygen atoms in total. The number of halogens is 1. The van der Waals surface area contributed by atoms with Gasteiger partial charge in [0.1, 0.15) is 5.82 Å². The van der Waals surface area contributed by atoms with Crippen LogP contribution in [0.15, 0.2) is 30.3 Å². The number of carbonyl (C=O) groups excluding carboxylic acids is 1. The van der Waals surface area contributed by atoms with Crippen molar-refractivity contribution in [2.24, 2.45) is 0 Å². The number of hydrogen-bond donors (Lipinski definition) is 0. The van der Waals surface area contributed by atoms with Gasteiger partial charge in [0.05, 0.1) is 11.4 Å². The lowest BCUT2D eigenvalue weighted by molar-refractivity contribution is -0.116.